The van der Waals surface area contributed by atoms with E-state index < -0.39 is 18.0 Å². The molecule has 3 aromatic rings. The molecule has 1 aliphatic carbocycles. The fraction of sp³-hybridized carbons (Fsp3) is 0.452. The zero-order valence-electron chi connectivity index (χ0n) is 22.7. The van der Waals surface area contributed by atoms with Gasteiger partial charge in [0.2, 0.25) is 0 Å². The molecule has 1 saturated carbocycles. The third kappa shape index (κ3) is 5.94. The van der Waals surface area contributed by atoms with Crippen LogP contribution in [-0.4, -0.2) is 25.2 Å². The molecule has 1 heterocycles. The van der Waals surface area contributed by atoms with Crippen molar-refractivity contribution in [3.8, 4) is 22.6 Å². The van der Waals surface area contributed by atoms with Crippen LogP contribution in [0.2, 0.25) is 0 Å². The number of fused-ring (bicyclic) bond motifs is 1. The van der Waals surface area contributed by atoms with Gasteiger partial charge in [-0.1, -0.05) is 51.1 Å². The number of amides is 1. The first-order valence-electron chi connectivity index (χ1n) is 13.4. The third-order valence-electron chi connectivity index (χ3n) is 8.06. The molecule has 1 aliphatic heterocycles. The number of nitrogens with one attached hydrogen (secondary N) is 1. The highest BCUT2D eigenvalue weighted by Gasteiger charge is 2.37. The van der Waals surface area contributed by atoms with Crippen LogP contribution in [0.5, 0.6) is 11.5 Å². The number of rotatable bonds is 5. The summed E-state index contributed by atoms with van der Waals surface area (Å²) < 4.78 is 54.1. The van der Waals surface area contributed by atoms with Gasteiger partial charge in [0, 0.05) is 5.56 Å². The largest absolute Gasteiger partial charge is 0.573 e. The highest BCUT2D eigenvalue weighted by molar-refractivity contribution is 6.00. The second-order valence-electron chi connectivity index (χ2n) is 11.9. The van der Waals surface area contributed by atoms with Crippen LogP contribution < -0.4 is 14.8 Å². The van der Waals surface area contributed by atoms with E-state index in [9.17, 15) is 18.0 Å². The predicted octanol–water partition coefficient (Wildman–Crippen LogP) is 8.34. The molecule has 0 spiro atoms. The van der Waals surface area contributed by atoms with Crippen LogP contribution in [0.4, 0.5) is 18.0 Å². The number of carbonyl (C=O) groups excluding carboxylic acids is 1. The number of hydrogen-bond donors (Lipinski definition) is 1. The maximum absolute atomic E-state index is 12.7. The Morgan fingerprint density at radius 2 is 1.64 bits per heavy atom. The number of alkyl halides is 3. The van der Waals surface area contributed by atoms with E-state index in [-0.39, 0.29) is 23.9 Å². The summed E-state index contributed by atoms with van der Waals surface area (Å²) in [6.45, 7) is 8.98. The van der Waals surface area contributed by atoms with E-state index in [0.717, 1.165) is 53.1 Å². The minimum Gasteiger partial charge on any atom is -0.490 e. The van der Waals surface area contributed by atoms with Crippen LogP contribution in [0.25, 0.3) is 21.9 Å². The Balaban J connectivity index is 1.51. The van der Waals surface area contributed by atoms with E-state index in [1.165, 1.54) is 12.1 Å². The van der Waals surface area contributed by atoms with Crippen molar-refractivity contribution in [2.75, 3.05) is 6.61 Å². The van der Waals surface area contributed by atoms with Crippen molar-refractivity contribution in [2.45, 2.75) is 71.4 Å². The molecule has 0 bridgehead atoms. The fourth-order valence-corrected chi connectivity index (χ4v) is 5.76. The Labute approximate surface area is 226 Å². The molecule has 1 atom stereocenters. The number of cyclic esters (lactones) is 1. The van der Waals surface area contributed by atoms with E-state index >= 15 is 0 Å². The predicted molar refractivity (Wildman–Crippen MR) is 144 cm³/mol. The summed E-state index contributed by atoms with van der Waals surface area (Å²) >= 11 is 0. The van der Waals surface area contributed by atoms with Crippen LogP contribution >= 0.6 is 0 Å². The smallest absolute Gasteiger partial charge is 0.490 e. The molecular formula is C31H34F3NO4. The molecule has 39 heavy (non-hydrogen) atoms. The van der Waals surface area contributed by atoms with Gasteiger partial charge in [-0.05, 0) is 90.1 Å². The van der Waals surface area contributed by atoms with Crippen molar-refractivity contribution >= 4 is 16.9 Å². The molecule has 5 nitrogen and oxygen atoms in total. The summed E-state index contributed by atoms with van der Waals surface area (Å²) in [6, 6.07) is 15.7. The van der Waals surface area contributed by atoms with E-state index in [4.69, 9.17) is 9.47 Å². The Morgan fingerprint density at radius 3 is 2.23 bits per heavy atom. The summed E-state index contributed by atoms with van der Waals surface area (Å²) in [7, 11) is 0. The fourth-order valence-electron chi connectivity index (χ4n) is 5.76. The summed E-state index contributed by atoms with van der Waals surface area (Å²) in [5.41, 5.74) is 2.05. The van der Waals surface area contributed by atoms with E-state index in [1.807, 2.05) is 37.3 Å². The quantitative estimate of drug-likeness (QED) is 0.353. The van der Waals surface area contributed by atoms with Crippen LogP contribution in [0.3, 0.4) is 0 Å². The van der Waals surface area contributed by atoms with Gasteiger partial charge in [-0.3, -0.25) is 0 Å². The van der Waals surface area contributed by atoms with Crippen molar-refractivity contribution < 1.29 is 32.2 Å². The van der Waals surface area contributed by atoms with Gasteiger partial charge in [-0.2, -0.15) is 0 Å². The van der Waals surface area contributed by atoms with Gasteiger partial charge in [0.05, 0.1) is 11.6 Å². The number of ether oxygens (including phenoxy) is 3. The lowest BCUT2D eigenvalue weighted by molar-refractivity contribution is -0.274. The first-order valence-corrected chi connectivity index (χ1v) is 13.4. The number of halogens is 3. The van der Waals surface area contributed by atoms with Crippen molar-refractivity contribution in [2.24, 2.45) is 11.3 Å². The van der Waals surface area contributed by atoms with Gasteiger partial charge in [-0.25, -0.2) is 4.79 Å². The molecule has 2 fully saturated rings. The van der Waals surface area contributed by atoms with Crippen LogP contribution in [0, 0.1) is 11.3 Å². The monoisotopic (exact) mass is 541 g/mol. The summed E-state index contributed by atoms with van der Waals surface area (Å²) in [6.07, 6.45) is -1.05. The minimum atomic E-state index is -4.76. The standard InChI is InChI=1S/C31H34F3NO4/c1-29(2,3)21-8-13-23(14-9-21)38-26-16-7-20-17-22(30(4)18-37-28(36)35-30)10-15-25(20)27(26)19-5-11-24(12-6-19)39-31(32,33)34/h5-7,10-12,15-17,21,23H,8-9,13-14,18H2,1-4H3,(H,35,36)/t21?,23?,30-/m0/s1. The minimum absolute atomic E-state index is 0.0664. The Morgan fingerprint density at radius 1 is 0.949 bits per heavy atom. The highest BCUT2D eigenvalue weighted by Crippen LogP contribution is 2.43. The number of carbonyl (C=O) groups is 1. The van der Waals surface area contributed by atoms with Crippen LogP contribution in [-0.2, 0) is 10.3 Å². The van der Waals surface area contributed by atoms with E-state index in [1.54, 1.807) is 12.1 Å². The normalized spacial score (nSPS) is 23.8. The summed E-state index contributed by atoms with van der Waals surface area (Å²) in [5, 5.41) is 4.69. The van der Waals surface area contributed by atoms with Gasteiger partial charge in [-0.15, -0.1) is 13.2 Å². The molecule has 1 amide bonds. The molecule has 1 saturated heterocycles. The first kappa shape index (κ1) is 27.2. The Kier molecular flexibility index (Phi) is 6.93. The molecule has 0 radical (unpaired) electrons. The highest BCUT2D eigenvalue weighted by atomic mass is 19.4. The topological polar surface area (TPSA) is 56.8 Å². The van der Waals surface area contributed by atoms with Gasteiger partial charge in [0.1, 0.15) is 18.1 Å². The molecule has 208 valence electrons. The molecule has 0 unspecified atom stereocenters. The lowest BCUT2D eigenvalue weighted by Crippen LogP contribution is -2.37. The second-order valence-corrected chi connectivity index (χ2v) is 11.9. The van der Waals surface area contributed by atoms with Gasteiger partial charge in [0.15, 0.2) is 0 Å². The second kappa shape index (κ2) is 9.96. The lowest BCUT2D eigenvalue weighted by atomic mass is 9.72. The summed E-state index contributed by atoms with van der Waals surface area (Å²) in [4.78, 5) is 11.7. The number of benzene rings is 3. The van der Waals surface area contributed by atoms with Crippen LogP contribution in [0.15, 0.2) is 54.6 Å². The average Bonchev–Trinajstić information content (AvgIpc) is 3.22. The van der Waals surface area contributed by atoms with Gasteiger partial charge in [0.25, 0.3) is 0 Å². The molecule has 0 aromatic heterocycles. The van der Waals surface area contributed by atoms with Gasteiger partial charge < -0.3 is 19.5 Å². The SMILES string of the molecule is CC(C)(C)C1CCC(Oc2ccc3cc([C@]4(C)COC(=O)N4)ccc3c2-c2ccc(OC(F)(F)F)cc2)CC1. The molecule has 3 aromatic carbocycles. The molecular weight excluding hydrogens is 507 g/mol. The Bertz CT molecular complexity index is 1360. The summed E-state index contributed by atoms with van der Waals surface area (Å²) in [5.74, 6) is 1.07. The van der Waals surface area contributed by atoms with Gasteiger partial charge >= 0.3 is 12.5 Å². The third-order valence-corrected chi connectivity index (χ3v) is 8.06. The Hall–Kier alpha value is -3.42. The molecule has 8 heteroatoms. The molecule has 5 rings (SSSR count). The molecule has 1 N–H and O–H groups in total. The van der Waals surface area contributed by atoms with Crippen molar-refractivity contribution in [1.82, 2.24) is 5.32 Å². The maximum Gasteiger partial charge on any atom is 0.573 e. The van der Waals surface area contributed by atoms with E-state index in [0.29, 0.717) is 11.7 Å². The average molecular weight is 542 g/mol. The van der Waals surface area contributed by atoms with Crippen molar-refractivity contribution in [3.05, 3.63) is 60.2 Å². The van der Waals surface area contributed by atoms with Crippen molar-refractivity contribution in [3.63, 3.8) is 0 Å². The van der Waals surface area contributed by atoms with E-state index in [2.05, 4.69) is 30.8 Å². The number of hydrogen-bond acceptors (Lipinski definition) is 4. The maximum atomic E-state index is 12.7. The van der Waals surface area contributed by atoms with Crippen molar-refractivity contribution in [1.29, 1.82) is 0 Å². The lowest BCUT2D eigenvalue weighted by Gasteiger charge is -2.37. The zero-order chi connectivity index (χ0) is 28.0. The number of alkyl carbamates (subject to hydrolysis) is 1. The van der Waals surface area contributed by atoms with Crippen LogP contribution in [0.1, 0.15) is 58.9 Å². The first-order chi connectivity index (χ1) is 18.3. The molecule has 2 aliphatic rings. The zero-order valence-corrected chi connectivity index (χ0v) is 22.7.